The second kappa shape index (κ2) is 4.95. The molecule has 2 rings (SSSR count). The van der Waals surface area contributed by atoms with E-state index >= 15 is 0 Å². The van der Waals surface area contributed by atoms with Crippen molar-refractivity contribution in [1.82, 2.24) is 0 Å². The van der Waals surface area contributed by atoms with Gasteiger partial charge in [0.05, 0.1) is 19.3 Å². The second-order valence-corrected chi connectivity index (χ2v) is 5.20. The number of rotatable bonds is 5. The van der Waals surface area contributed by atoms with Crippen LogP contribution in [0.1, 0.15) is 32.1 Å². The van der Waals surface area contributed by atoms with Crippen molar-refractivity contribution in [1.29, 1.82) is 0 Å². The van der Waals surface area contributed by atoms with Gasteiger partial charge in [0.15, 0.2) is 0 Å². The zero-order valence-electron chi connectivity index (χ0n) is 8.64. The molecule has 0 amide bonds. The first-order valence-electron chi connectivity index (χ1n) is 5.60. The van der Waals surface area contributed by atoms with Crippen molar-refractivity contribution in [2.24, 2.45) is 5.41 Å². The average molecular weight is 263 g/mol. The van der Waals surface area contributed by atoms with Crippen molar-refractivity contribution in [2.75, 3.05) is 25.2 Å². The molecule has 1 unspecified atom stereocenters. The quantitative estimate of drug-likeness (QED) is 0.710. The SMILES string of the molecule is BrCC1(COCC2CCCO2)CCC1. The minimum Gasteiger partial charge on any atom is -0.378 e. The zero-order valence-corrected chi connectivity index (χ0v) is 10.2. The minimum atomic E-state index is 0.377. The van der Waals surface area contributed by atoms with Crippen LogP contribution in [-0.2, 0) is 9.47 Å². The van der Waals surface area contributed by atoms with Gasteiger partial charge in [-0.2, -0.15) is 0 Å². The fraction of sp³-hybridized carbons (Fsp3) is 1.00. The van der Waals surface area contributed by atoms with Crippen LogP contribution in [0.2, 0.25) is 0 Å². The molecule has 14 heavy (non-hydrogen) atoms. The number of ether oxygens (including phenoxy) is 2. The average Bonchev–Trinajstić information content (AvgIpc) is 2.62. The highest BCUT2D eigenvalue weighted by Crippen LogP contribution is 2.42. The van der Waals surface area contributed by atoms with Crippen LogP contribution >= 0.6 is 15.9 Å². The molecule has 1 saturated carbocycles. The van der Waals surface area contributed by atoms with E-state index in [0.29, 0.717) is 11.5 Å². The van der Waals surface area contributed by atoms with E-state index in [1.807, 2.05) is 0 Å². The predicted molar refractivity (Wildman–Crippen MR) is 59.9 cm³/mol. The molecule has 0 bridgehead atoms. The Balaban J connectivity index is 1.61. The molecule has 2 fully saturated rings. The van der Waals surface area contributed by atoms with E-state index in [-0.39, 0.29) is 0 Å². The highest BCUT2D eigenvalue weighted by atomic mass is 79.9. The van der Waals surface area contributed by atoms with Crippen LogP contribution in [0.15, 0.2) is 0 Å². The molecule has 2 aliphatic rings. The van der Waals surface area contributed by atoms with E-state index in [1.165, 1.54) is 32.1 Å². The van der Waals surface area contributed by atoms with Gasteiger partial charge in [-0.05, 0) is 25.7 Å². The Kier molecular flexibility index (Phi) is 3.86. The van der Waals surface area contributed by atoms with Crippen LogP contribution in [0.5, 0.6) is 0 Å². The summed E-state index contributed by atoms with van der Waals surface area (Å²) < 4.78 is 11.3. The molecular formula is C11H19BrO2. The molecule has 1 heterocycles. The third-order valence-electron chi connectivity index (χ3n) is 3.43. The van der Waals surface area contributed by atoms with Crippen molar-refractivity contribution in [3.05, 3.63) is 0 Å². The fourth-order valence-electron chi connectivity index (χ4n) is 2.18. The number of hydrogen-bond acceptors (Lipinski definition) is 2. The van der Waals surface area contributed by atoms with E-state index in [4.69, 9.17) is 9.47 Å². The van der Waals surface area contributed by atoms with Gasteiger partial charge in [-0.3, -0.25) is 0 Å². The van der Waals surface area contributed by atoms with Crippen LogP contribution < -0.4 is 0 Å². The van der Waals surface area contributed by atoms with E-state index in [9.17, 15) is 0 Å². The highest BCUT2D eigenvalue weighted by Gasteiger charge is 2.36. The summed E-state index contributed by atoms with van der Waals surface area (Å²) in [5.74, 6) is 0. The summed E-state index contributed by atoms with van der Waals surface area (Å²) >= 11 is 3.59. The minimum absolute atomic E-state index is 0.377. The van der Waals surface area contributed by atoms with Gasteiger partial charge in [-0.25, -0.2) is 0 Å². The Morgan fingerprint density at radius 2 is 2.21 bits per heavy atom. The van der Waals surface area contributed by atoms with Crippen molar-refractivity contribution in [2.45, 2.75) is 38.2 Å². The Morgan fingerprint density at radius 3 is 2.71 bits per heavy atom. The first kappa shape index (κ1) is 10.9. The number of hydrogen-bond donors (Lipinski definition) is 0. The third kappa shape index (κ3) is 2.50. The molecule has 1 atom stereocenters. The van der Waals surface area contributed by atoms with E-state index < -0.39 is 0 Å². The van der Waals surface area contributed by atoms with Crippen molar-refractivity contribution < 1.29 is 9.47 Å². The summed E-state index contributed by atoms with van der Waals surface area (Å²) in [6, 6.07) is 0. The summed E-state index contributed by atoms with van der Waals surface area (Å²) in [4.78, 5) is 0. The summed E-state index contributed by atoms with van der Waals surface area (Å²) in [6.07, 6.45) is 6.78. The summed E-state index contributed by atoms with van der Waals surface area (Å²) in [5, 5.41) is 1.09. The maximum absolute atomic E-state index is 5.76. The molecule has 1 saturated heterocycles. The lowest BCUT2D eigenvalue weighted by molar-refractivity contribution is -0.0338. The van der Waals surface area contributed by atoms with Crippen LogP contribution in [0.3, 0.4) is 0 Å². The van der Waals surface area contributed by atoms with Crippen molar-refractivity contribution in [3.8, 4) is 0 Å². The predicted octanol–water partition coefficient (Wildman–Crippen LogP) is 2.75. The van der Waals surface area contributed by atoms with Gasteiger partial charge in [-0.1, -0.05) is 22.4 Å². The molecule has 0 aromatic rings. The van der Waals surface area contributed by atoms with Crippen LogP contribution in [0.25, 0.3) is 0 Å². The number of halogens is 1. The van der Waals surface area contributed by atoms with Crippen molar-refractivity contribution >= 4 is 15.9 Å². The Morgan fingerprint density at radius 1 is 1.36 bits per heavy atom. The molecule has 3 heteroatoms. The highest BCUT2D eigenvalue weighted by molar-refractivity contribution is 9.09. The molecule has 0 spiro atoms. The maximum Gasteiger partial charge on any atom is 0.0809 e. The van der Waals surface area contributed by atoms with E-state index in [1.54, 1.807) is 0 Å². The molecule has 0 aromatic carbocycles. The fourth-order valence-corrected chi connectivity index (χ4v) is 2.90. The van der Waals surface area contributed by atoms with Gasteiger partial charge in [-0.15, -0.1) is 0 Å². The summed E-state index contributed by atoms with van der Waals surface area (Å²) in [6.45, 7) is 2.64. The standard InChI is InChI=1S/C11H19BrO2/c12-8-11(4-2-5-11)9-13-7-10-3-1-6-14-10/h10H,1-9H2. The Bertz CT molecular complexity index is 169. The monoisotopic (exact) mass is 262 g/mol. The van der Waals surface area contributed by atoms with Gasteiger partial charge in [0.2, 0.25) is 0 Å². The van der Waals surface area contributed by atoms with Gasteiger partial charge in [0, 0.05) is 17.4 Å². The van der Waals surface area contributed by atoms with Crippen LogP contribution in [0, 0.1) is 5.41 Å². The van der Waals surface area contributed by atoms with Crippen LogP contribution in [0.4, 0.5) is 0 Å². The first-order valence-corrected chi connectivity index (χ1v) is 6.72. The Hall–Kier alpha value is 0.400. The lowest BCUT2D eigenvalue weighted by Gasteiger charge is -2.40. The summed E-state index contributed by atoms with van der Waals surface area (Å²) in [7, 11) is 0. The molecule has 0 aromatic heterocycles. The van der Waals surface area contributed by atoms with Gasteiger partial charge in [0.25, 0.3) is 0 Å². The molecule has 82 valence electrons. The topological polar surface area (TPSA) is 18.5 Å². The van der Waals surface area contributed by atoms with Gasteiger partial charge >= 0.3 is 0 Å². The lowest BCUT2D eigenvalue weighted by atomic mass is 9.71. The van der Waals surface area contributed by atoms with Crippen molar-refractivity contribution in [3.63, 3.8) is 0 Å². The largest absolute Gasteiger partial charge is 0.378 e. The number of alkyl halides is 1. The molecule has 1 aliphatic carbocycles. The summed E-state index contributed by atoms with van der Waals surface area (Å²) in [5.41, 5.74) is 0.457. The molecule has 1 aliphatic heterocycles. The zero-order chi connectivity index (χ0) is 9.86. The van der Waals surface area contributed by atoms with E-state index in [2.05, 4.69) is 15.9 Å². The smallest absolute Gasteiger partial charge is 0.0809 e. The maximum atomic E-state index is 5.76. The first-order chi connectivity index (χ1) is 6.85. The molecule has 0 N–H and O–H groups in total. The lowest BCUT2D eigenvalue weighted by Crippen LogP contribution is -2.36. The Labute approximate surface area is 94.5 Å². The normalized spacial score (nSPS) is 30.2. The molecule has 0 radical (unpaired) electrons. The van der Waals surface area contributed by atoms with Crippen LogP contribution in [-0.4, -0.2) is 31.3 Å². The van der Waals surface area contributed by atoms with Gasteiger partial charge < -0.3 is 9.47 Å². The molecule has 2 nitrogen and oxygen atoms in total. The molecular weight excluding hydrogens is 244 g/mol. The second-order valence-electron chi connectivity index (χ2n) is 4.64. The van der Waals surface area contributed by atoms with E-state index in [0.717, 1.165) is 25.2 Å². The van der Waals surface area contributed by atoms with Gasteiger partial charge in [0.1, 0.15) is 0 Å². The third-order valence-corrected chi connectivity index (χ3v) is 4.62.